The highest BCUT2D eigenvalue weighted by Gasteiger charge is 2.03. The number of hydrogen-bond donors (Lipinski definition) is 2. The molecule has 3 N–H and O–H groups in total. The molecule has 1 aromatic heterocycles. The molecule has 0 saturated heterocycles. The topological polar surface area (TPSA) is 77.0 Å². The lowest BCUT2D eigenvalue weighted by Crippen LogP contribution is -2.02. The van der Waals surface area contributed by atoms with Gasteiger partial charge in [0, 0.05) is 19.5 Å². The fourth-order valence-electron chi connectivity index (χ4n) is 1.12. The van der Waals surface area contributed by atoms with Crippen LogP contribution in [0.15, 0.2) is 4.42 Å². The number of hydrogen-bond acceptors (Lipinski definition) is 6. The van der Waals surface area contributed by atoms with E-state index in [4.69, 9.17) is 10.2 Å². The molecule has 86 valence electrons. The molecule has 0 aliphatic heterocycles. The van der Waals surface area contributed by atoms with Crippen molar-refractivity contribution >= 4 is 17.8 Å². The van der Waals surface area contributed by atoms with Crippen LogP contribution in [0, 0.1) is 0 Å². The summed E-state index contributed by atoms with van der Waals surface area (Å²) in [7, 11) is 0. The molecule has 0 aliphatic carbocycles. The number of unbranched alkanes of at least 4 members (excludes halogenated alkanes) is 1. The Balaban J connectivity index is 2.14. The largest absolute Gasteiger partial charge is 0.408 e. The summed E-state index contributed by atoms with van der Waals surface area (Å²) in [4.78, 5) is 0. The molecule has 0 atom stereocenters. The van der Waals surface area contributed by atoms with E-state index in [1.165, 1.54) is 12.2 Å². The fourth-order valence-corrected chi connectivity index (χ4v) is 1.61. The maximum Gasteiger partial charge on any atom is 0.315 e. The molecule has 1 heterocycles. The van der Waals surface area contributed by atoms with Crippen molar-refractivity contribution in [1.82, 2.24) is 10.2 Å². The summed E-state index contributed by atoms with van der Waals surface area (Å²) in [6.07, 6.45) is 5.08. The van der Waals surface area contributed by atoms with Gasteiger partial charge in [0.1, 0.15) is 0 Å². The molecule has 0 saturated carbocycles. The molecule has 0 radical (unpaired) electrons. The van der Waals surface area contributed by atoms with Crippen LogP contribution >= 0.6 is 11.8 Å². The van der Waals surface area contributed by atoms with Crippen LogP contribution < -0.4 is 11.1 Å². The van der Waals surface area contributed by atoms with Crippen LogP contribution in [0.25, 0.3) is 0 Å². The second-order valence-corrected chi connectivity index (χ2v) is 4.15. The van der Waals surface area contributed by atoms with Crippen LogP contribution in [-0.4, -0.2) is 35.3 Å². The fraction of sp³-hybridized carbons (Fsp3) is 0.778. The van der Waals surface area contributed by atoms with Crippen molar-refractivity contribution in [2.45, 2.75) is 19.3 Å². The van der Waals surface area contributed by atoms with Gasteiger partial charge in [-0.2, -0.15) is 11.8 Å². The van der Waals surface area contributed by atoms with Gasteiger partial charge in [0.15, 0.2) is 0 Å². The standard InChI is InChI=1S/C9H18N4OS/c1-15-7-3-2-6-11-9-13-12-8(14-9)4-5-10/h2-7,10H2,1H3,(H,11,13). The summed E-state index contributed by atoms with van der Waals surface area (Å²) >= 11 is 1.87. The minimum Gasteiger partial charge on any atom is -0.408 e. The number of nitrogens with two attached hydrogens (primary N) is 1. The molecular weight excluding hydrogens is 212 g/mol. The van der Waals surface area contributed by atoms with Gasteiger partial charge in [-0.1, -0.05) is 5.10 Å². The van der Waals surface area contributed by atoms with E-state index < -0.39 is 0 Å². The summed E-state index contributed by atoms with van der Waals surface area (Å²) < 4.78 is 5.31. The molecule has 0 amide bonds. The zero-order chi connectivity index (χ0) is 10.9. The van der Waals surface area contributed by atoms with E-state index in [1.807, 2.05) is 11.8 Å². The van der Waals surface area contributed by atoms with E-state index in [-0.39, 0.29) is 0 Å². The minimum atomic E-state index is 0.502. The Bertz CT molecular complexity index is 266. The van der Waals surface area contributed by atoms with E-state index in [0.717, 1.165) is 13.0 Å². The van der Waals surface area contributed by atoms with Crippen LogP contribution in [0.5, 0.6) is 0 Å². The normalized spacial score (nSPS) is 10.5. The minimum absolute atomic E-state index is 0.502. The molecule has 0 bridgehead atoms. The monoisotopic (exact) mass is 230 g/mol. The first-order valence-corrected chi connectivity index (χ1v) is 6.51. The first-order valence-electron chi connectivity index (χ1n) is 5.12. The SMILES string of the molecule is CSCCCCNc1nnc(CCN)o1. The van der Waals surface area contributed by atoms with E-state index in [9.17, 15) is 0 Å². The van der Waals surface area contributed by atoms with Crippen LogP contribution in [-0.2, 0) is 6.42 Å². The van der Waals surface area contributed by atoms with E-state index >= 15 is 0 Å². The lowest BCUT2D eigenvalue weighted by atomic mass is 10.3. The highest BCUT2D eigenvalue weighted by atomic mass is 32.2. The molecule has 0 unspecified atom stereocenters. The van der Waals surface area contributed by atoms with Gasteiger partial charge in [0.2, 0.25) is 5.89 Å². The summed E-state index contributed by atoms with van der Waals surface area (Å²) in [5, 5.41) is 10.8. The Morgan fingerprint density at radius 2 is 2.27 bits per heavy atom. The van der Waals surface area contributed by atoms with Gasteiger partial charge in [-0.3, -0.25) is 0 Å². The molecule has 0 fully saturated rings. The molecule has 0 aliphatic rings. The number of anilines is 1. The average molecular weight is 230 g/mol. The second kappa shape index (κ2) is 7.53. The van der Waals surface area contributed by atoms with Crippen LogP contribution in [0.2, 0.25) is 0 Å². The third-order valence-electron chi connectivity index (χ3n) is 1.88. The molecule has 0 aromatic carbocycles. The van der Waals surface area contributed by atoms with Crippen molar-refractivity contribution in [3.63, 3.8) is 0 Å². The van der Waals surface area contributed by atoms with Gasteiger partial charge in [-0.25, -0.2) is 0 Å². The number of nitrogens with one attached hydrogen (secondary N) is 1. The molecule has 1 aromatic rings. The molecule has 6 heteroatoms. The lowest BCUT2D eigenvalue weighted by Gasteiger charge is -1.99. The van der Waals surface area contributed by atoms with E-state index in [1.54, 1.807) is 0 Å². The Labute approximate surface area is 94.2 Å². The average Bonchev–Trinajstić information content (AvgIpc) is 2.66. The summed E-state index contributed by atoms with van der Waals surface area (Å²) in [6, 6.07) is 0.502. The zero-order valence-electron chi connectivity index (χ0n) is 9.03. The third kappa shape index (κ3) is 5.03. The predicted molar refractivity (Wildman–Crippen MR) is 63.2 cm³/mol. The van der Waals surface area contributed by atoms with Crippen LogP contribution in [0.3, 0.4) is 0 Å². The van der Waals surface area contributed by atoms with Gasteiger partial charge in [0.05, 0.1) is 0 Å². The van der Waals surface area contributed by atoms with Crippen LogP contribution in [0.4, 0.5) is 6.01 Å². The maximum atomic E-state index is 5.37. The Kier molecular flexibility index (Phi) is 6.18. The first kappa shape index (κ1) is 12.3. The van der Waals surface area contributed by atoms with Crippen molar-refractivity contribution < 1.29 is 4.42 Å². The Hall–Kier alpha value is -0.750. The summed E-state index contributed by atoms with van der Waals surface area (Å²) in [5.74, 6) is 1.80. The summed E-state index contributed by atoms with van der Waals surface area (Å²) in [6.45, 7) is 1.42. The highest BCUT2D eigenvalue weighted by Crippen LogP contribution is 2.06. The van der Waals surface area contributed by atoms with Gasteiger partial charge < -0.3 is 15.5 Å². The van der Waals surface area contributed by atoms with Crippen molar-refractivity contribution in [2.75, 3.05) is 30.4 Å². The lowest BCUT2D eigenvalue weighted by molar-refractivity contribution is 0.505. The molecule has 5 nitrogen and oxygen atoms in total. The molecule has 0 spiro atoms. The number of aromatic nitrogens is 2. The number of rotatable bonds is 8. The maximum absolute atomic E-state index is 5.37. The van der Waals surface area contributed by atoms with Crippen molar-refractivity contribution in [3.05, 3.63) is 5.89 Å². The molecule has 1 rings (SSSR count). The van der Waals surface area contributed by atoms with Gasteiger partial charge in [-0.15, -0.1) is 5.10 Å². The number of nitrogens with zero attached hydrogens (tertiary/aromatic N) is 2. The third-order valence-corrected chi connectivity index (χ3v) is 2.57. The zero-order valence-corrected chi connectivity index (χ0v) is 9.85. The predicted octanol–water partition coefficient (Wildman–Crippen LogP) is 1.13. The quantitative estimate of drug-likeness (QED) is 0.652. The van der Waals surface area contributed by atoms with Gasteiger partial charge >= 0.3 is 6.01 Å². The van der Waals surface area contributed by atoms with E-state index in [2.05, 4.69) is 21.8 Å². The Morgan fingerprint density at radius 1 is 1.40 bits per heavy atom. The van der Waals surface area contributed by atoms with Crippen molar-refractivity contribution in [3.8, 4) is 0 Å². The second-order valence-electron chi connectivity index (χ2n) is 3.17. The van der Waals surface area contributed by atoms with Crippen LogP contribution in [0.1, 0.15) is 18.7 Å². The Morgan fingerprint density at radius 3 is 3.00 bits per heavy atom. The van der Waals surface area contributed by atoms with Gasteiger partial charge in [-0.05, 0) is 24.9 Å². The van der Waals surface area contributed by atoms with Crippen molar-refractivity contribution in [1.29, 1.82) is 0 Å². The summed E-state index contributed by atoms with van der Waals surface area (Å²) in [5.41, 5.74) is 5.37. The van der Waals surface area contributed by atoms with Gasteiger partial charge in [0.25, 0.3) is 0 Å². The highest BCUT2D eigenvalue weighted by molar-refractivity contribution is 7.98. The smallest absolute Gasteiger partial charge is 0.315 e. The molecular formula is C9H18N4OS. The number of thioether (sulfide) groups is 1. The van der Waals surface area contributed by atoms with E-state index in [0.29, 0.717) is 24.9 Å². The van der Waals surface area contributed by atoms with Crippen molar-refractivity contribution in [2.24, 2.45) is 5.73 Å². The first-order chi connectivity index (χ1) is 7.36. The molecule has 15 heavy (non-hydrogen) atoms.